The lowest BCUT2D eigenvalue weighted by Gasteiger charge is -2.11. The Hall–Kier alpha value is -0.100. The number of nitrogens with one attached hydrogen (secondary N) is 1. The lowest BCUT2D eigenvalue weighted by atomic mass is 10.2. The van der Waals surface area contributed by atoms with Crippen LogP contribution in [0.25, 0.3) is 0 Å². The number of halogens is 2. The maximum absolute atomic E-state index is 11.3. The normalized spacial score (nSPS) is 22.8. The summed E-state index contributed by atoms with van der Waals surface area (Å²) in [5, 5.41) is 3.92. The first-order chi connectivity index (χ1) is 7.96. The van der Waals surface area contributed by atoms with E-state index in [-0.39, 0.29) is 11.8 Å². The predicted octanol–water partition coefficient (Wildman–Crippen LogP) is 2.38. The van der Waals surface area contributed by atoms with Crippen LogP contribution in [0.5, 0.6) is 0 Å². The molecule has 0 spiro atoms. The fourth-order valence-electron chi connectivity index (χ4n) is 1.87. The van der Waals surface area contributed by atoms with Crippen LogP contribution in [0.4, 0.5) is 0 Å². The average Bonchev–Trinajstić information content (AvgIpc) is 2.60. The third-order valence-electron chi connectivity index (χ3n) is 2.81. The summed E-state index contributed by atoms with van der Waals surface area (Å²) in [6.45, 7) is 0.646. The second kappa shape index (κ2) is 5.26. The molecule has 0 radical (unpaired) electrons. The predicted molar refractivity (Wildman–Crippen MR) is 73.1 cm³/mol. The minimum Gasteiger partial charge on any atom is -0.309 e. The van der Waals surface area contributed by atoms with Gasteiger partial charge in [0.05, 0.1) is 16.5 Å². The molecule has 1 atom stereocenters. The van der Waals surface area contributed by atoms with E-state index in [4.69, 9.17) is 11.6 Å². The largest absolute Gasteiger partial charge is 0.309 e. The molecule has 1 saturated heterocycles. The van der Waals surface area contributed by atoms with Gasteiger partial charge < -0.3 is 5.32 Å². The van der Waals surface area contributed by atoms with Crippen LogP contribution in [-0.4, -0.2) is 26.0 Å². The van der Waals surface area contributed by atoms with Gasteiger partial charge in [-0.2, -0.15) is 0 Å². The second-order valence-corrected chi connectivity index (χ2v) is 7.72. The van der Waals surface area contributed by atoms with Crippen molar-refractivity contribution in [1.82, 2.24) is 5.32 Å². The third-order valence-corrected chi connectivity index (χ3v) is 5.81. The molecule has 1 aromatic rings. The first-order valence-corrected chi connectivity index (χ1v) is 8.33. The zero-order valence-corrected chi connectivity index (χ0v) is 12.3. The van der Waals surface area contributed by atoms with Gasteiger partial charge in [0.25, 0.3) is 0 Å². The van der Waals surface area contributed by atoms with Crippen LogP contribution in [-0.2, 0) is 16.4 Å². The van der Waals surface area contributed by atoms with Crippen LogP contribution in [0, 0.1) is 0 Å². The Balaban J connectivity index is 1.92. The molecule has 1 unspecified atom stereocenters. The highest BCUT2D eigenvalue weighted by molar-refractivity contribution is 9.10. The van der Waals surface area contributed by atoms with Crippen molar-refractivity contribution in [2.24, 2.45) is 0 Å². The van der Waals surface area contributed by atoms with Gasteiger partial charge in [0, 0.05) is 17.1 Å². The monoisotopic (exact) mass is 337 g/mol. The smallest absolute Gasteiger partial charge is 0.151 e. The van der Waals surface area contributed by atoms with Gasteiger partial charge in [-0.1, -0.05) is 17.7 Å². The van der Waals surface area contributed by atoms with Gasteiger partial charge in [0.2, 0.25) is 0 Å². The van der Waals surface area contributed by atoms with Crippen molar-refractivity contribution in [2.75, 3.05) is 11.5 Å². The summed E-state index contributed by atoms with van der Waals surface area (Å²) in [6, 6.07) is 5.81. The maximum Gasteiger partial charge on any atom is 0.151 e. The first-order valence-electron chi connectivity index (χ1n) is 5.34. The van der Waals surface area contributed by atoms with E-state index in [9.17, 15) is 8.42 Å². The lowest BCUT2D eigenvalue weighted by Crippen LogP contribution is -2.29. The highest BCUT2D eigenvalue weighted by Crippen LogP contribution is 2.23. The Labute approximate surface area is 115 Å². The van der Waals surface area contributed by atoms with E-state index in [0.717, 1.165) is 10.0 Å². The molecule has 94 valence electrons. The highest BCUT2D eigenvalue weighted by atomic mass is 79.9. The summed E-state index contributed by atoms with van der Waals surface area (Å²) >= 11 is 9.31. The van der Waals surface area contributed by atoms with Crippen LogP contribution in [0.3, 0.4) is 0 Å². The van der Waals surface area contributed by atoms with Crippen LogP contribution >= 0.6 is 27.5 Å². The molecule has 3 nitrogen and oxygen atoms in total. The van der Waals surface area contributed by atoms with Crippen LogP contribution < -0.4 is 5.32 Å². The van der Waals surface area contributed by atoms with Crippen molar-refractivity contribution in [2.45, 2.75) is 19.0 Å². The lowest BCUT2D eigenvalue weighted by molar-refractivity contribution is 0.554. The average molecular weight is 339 g/mol. The molecule has 1 N–H and O–H groups in total. The molecule has 0 aromatic heterocycles. The quantitative estimate of drug-likeness (QED) is 0.920. The third kappa shape index (κ3) is 3.68. The van der Waals surface area contributed by atoms with E-state index >= 15 is 0 Å². The molecule has 2 rings (SSSR count). The molecule has 17 heavy (non-hydrogen) atoms. The van der Waals surface area contributed by atoms with Gasteiger partial charge in [0.1, 0.15) is 0 Å². The molecule has 1 heterocycles. The Morgan fingerprint density at radius 2 is 2.24 bits per heavy atom. The molecule has 1 aliphatic heterocycles. The molecular formula is C11H13BrClNO2S. The van der Waals surface area contributed by atoms with Crippen molar-refractivity contribution in [3.05, 3.63) is 33.3 Å². The SMILES string of the molecule is O=S1(=O)CCC(NCc2ccc(Br)c(Cl)c2)C1. The Morgan fingerprint density at radius 1 is 1.47 bits per heavy atom. The number of benzene rings is 1. The second-order valence-electron chi connectivity index (χ2n) is 4.23. The Morgan fingerprint density at radius 3 is 2.82 bits per heavy atom. The van der Waals surface area contributed by atoms with E-state index in [1.54, 1.807) is 0 Å². The molecule has 1 aliphatic rings. The minimum atomic E-state index is -2.81. The standard InChI is InChI=1S/C11H13BrClNO2S/c12-10-2-1-8(5-11(10)13)6-14-9-3-4-17(15,16)7-9/h1-2,5,9,14H,3-4,6-7H2. The van der Waals surface area contributed by atoms with E-state index < -0.39 is 9.84 Å². The molecule has 1 aromatic carbocycles. The van der Waals surface area contributed by atoms with Gasteiger partial charge in [-0.05, 0) is 40.0 Å². The number of hydrogen-bond acceptors (Lipinski definition) is 3. The molecule has 1 fully saturated rings. The molecule has 0 bridgehead atoms. The summed E-state index contributed by atoms with van der Waals surface area (Å²) in [4.78, 5) is 0. The fourth-order valence-corrected chi connectivity index (χ4v) is 4.03. The van der Waals surface area contributed by atoms with E-state index in [1.807, 2.05) is 18.2 Å². The number of sulfone groups is 1. The summed E-state index contributed by atoms with van der Waals surface area (Å²) < 4.78 is 23.4. The van der Waals surface area contributed by atoms with Gasteiger partial charge in [-0.3, -0.25) is 0 Å². The Bertz CT molecular complexity index is 518. The van der Waals surface area contributed by atoms with E-state index in [0.29, 0.717) is 23.7 Å². The van der Waals surface area contributed by atoms with Crippen molar-refractivity contribution in [3.63, 3.8) is 0 Å². The van der Waals surface area contributed by atoms with Crippen molar-refractivity contribution in [3.8, 4) is 0 Å². The van der Waals surface area contributed by atoms with Crippen molar-refractivity contribution in [1.29, 1.82) is 0 Å². The minimum absolute atomic E-state index is 0.0717. The van der Waals surface area contributed by atoms with Gasteiger partial charge in [-0.25, -0.2) is 8.42 Å². The highest BCUT2D eigenvalue weighted by Gasteiger charge is 2.27. The molecule has 0 amide bonds. The maximum atomic E-state index is 11.3. The number of hydrogen-bond donors (Lipinski definition) is 1. The number of rotatable bonds is 3. The van der Waals surface area contributed by atoms with Gasteiger partial charge in [-0.15, -0.1) is 0 Å². The summed E-state index contributed by atoms with van der Waals surface area (Å²) in [5.74, 6) is 0.545. The topological polar surface area (TPSA) is 46.2 Å². The molecule has 6 heteroatoms. The van der Waals surface area contributed by atoms with Crippen LogP contribution in [0.1, 0.15) is 12.0 Å². The van der Waals surface area contributed by atoms with E-state index in [1.165, 1.54) is 0 Å². The first kappa shape index (κ1) is 13.3. The molecule has 0 aliphatic carbocycles. The summed E-state index contributed by atoms with van der Waals surface area (Å²) in [7, 11) is -2.81. The summed E-state index contributed by atoms with van der Waals surface area (Å²) in [6.07, 6.45) is 0.701. The molecule has 0 saturated carbocycles. The fraction of sp³-hybridized carbons (Fsp3) is 0.455. The zero-order valence-electron chi connectivity index (χ0n) is 9.12. The van der Waals surface area contributed by atoms with Crippen molar-refractivity contribution >= 4 is 37.4 Å². The van der Waals surface area contributed by atoms with Crippen LogP contribution in [0.2, 0.25) is 5.02 Å². The Kier molecular flexibility index (Phi) is 4.13. The summed E-state index contributed by atoms with van der Waals surface area (Å²) in [5.41, 5.74) is 1.06. The van der Waals surface area contributed by atoms with E-state index in [2.05, 4.69) is 21.2 Å². The molecular weight excluding hydrogens is 326 g/mol. The zero-order chi connectivity index (χ0) is 12.5. The van der Waals surface area contributed by atoms with Crippen molar-refractivity contribution < 1.29 is 8.42 Å². The van der Waals surface area contributed by atoms with Crippen LogP contribution in [0.15, 0.2) is 22.7 Å². The van der Waals surface area contributed by atoms with Gasteiger partial charge in [0.15, 0.2) is 9.84 Å². The van der Waals surface area contributed by atoms with Gasteiger partial charge >= 0.3 is 0 Å².